The fourth-order valence-corrected chi connectivity index (χ4v) is 4.90. The Morgan fingerprint density at radius 2 is 1.81 bits per heavy atom. The lowest BCUT2D eigenvalue weighted by atomic mass is 9.98. The van der Waals surface area contributed by atoms with Crippen molar-refractivity contribution in [3.8, 4) is 10.6 Å². The molecule has 2 nitrogen and oxygen atoms in total. The van der Waals surface area contributed by atoms with Crippen molar-refractivity contribution in [3.63, 3.8) is 0 Å². The molecule has 0 radical (unpaired) electrons. The summed E-state index contributed by atoms with van der Waals surface area (Å²) in [5, 5.41) is 3.35. The van der Waals surface area contributed by atoms with Gasteiger partial charge in [0.05, 0.1) is 5.69 Å². The number of nitrogens with zero attached hydrogens (tertiary/aromatic N) is 1. The highest BCUT2D eigenvalue weighted by atomic mass is 32.1. The highest BCUT2D eigenvalue weighted by Crippen LogP contribution is 2.30. The number of anilines is 1. The van der Waals surface area contributed by atoms with Crippen molar-refractivity contribution < 1.29 is 0 Å². The number of hydrogen-bond acceptors (Lipinski definition) is 3. The highest BCUT2D eigenvalue weighted by Gasteiger charge is 2.12. The lowest BCUT2D eigenvalue weighted by molar-refractivity contribution is 0.711. The second kappa shape index (κ2) is 7.85. The van der Waals surface area contributed by atoms with Crippen LogP contribution in [-0.4, -0.2) is 4.98 Å². The van der Waals surface area contributed by atoms with E-state index in [1.807, 2.05) is 0 Å². The van der Waals surface area contributed by atoms with Crippen LogP contribution in [0.2, 0.25) is 0 Å². The van der Waals surface area contributed by atoms with Gasteiger partial charge in [-0.2, -0.15) is 0 Å². The largest absolute Gasteiger partial charge is 0.398 e. The third-order valence-electron chi connectivity index (χ3n) is 5.75. The summed E-state index contributed by atoms with van der Waals surface area (Å²) in [6.07, 6.45) is 8.29. The first-order valence-corrected chi connectivity index (χ1v) is 11.0. The van der Waals surface area contributed by atoms with Gasteiger partial charge in [-0.05, 0) is 79.0 Å². The minimum atomic E-state index is 0.876. The molecule has 2 N–H and O–H groups in total. The lowest BCUT2D eigenvalue weighted by Gasteiger charge is -2.10. The molecule has 0 bridgehead atoms. The quantitative estimate of drug-likeness (QED) is 0.440. The maximum Gasteiger partial charge on any atom is 0.123 e. The first-order valence-electron chi connectivity index (χ1n) is 10.1. The molecule has 0 fully saturated rings. The van der Waals surface area contributed by atoms with Crippen molar-refractivity contribution in [3.05, 3.63) is 69.2 Å². The van der Waals surface area contributed by atoms with E-state index in [0.717, 1.165) is 29.2 Å². The van der Waals surface area contributed by atoms with Crippen LogP contribution in [0.15, 0.2) is 35.7 Å². The molecule has 0 aliphatic heterocycles. The van der Waals surface area contributed by atoms with Crippen LogP contribution in [0.1, 0.15) is 59.7 Å². The van der Waals surface area contributed by atoms with Crippen molar-refractivity contribution in [2.45, 2.75) is 58.8 Å². The minimum Gasteiger partial charge on any atom is -0.398 e. The molecule has 1 aliphatic rings. The van der Waals surface area contributed by atoms with Crippen molar-refractivity contribution >= 4 is 17.0 Å². The summed E-state index contributed by atoms with van der Waals surface area (Å²) in [4.78, 5) is 4.95. The summed E-state index contributed by atoms with van der Waals surface area (Å²) < 4.78 is 0. The number of rotatable bonds is 4. The first-order chi connectivity index (χ1) is 13.1. The van der Waals surface area contributed by atoms with Gasteiger partial charge in [0.15, 0.2) is 0 Å². The number of aryl methyl sites for hydroxylation is 4. The Labute approximate surface area is 166 Å². The molecule has 0 atom stereocenters. The van der Waals surface area contributed by atoms with Crippen LogP contribution < -0.4 is 5.73 Å². The van der Waals surface area contributed by atoms with Gasteiger partial charge in [-0.25, -0.2) is 4.98 Å². The zero-order valence-corrected chi connectivity index (χ0v) is 17.2. The smallest absolute Gasteiger partial charge is 0.123 e. The summed E-state index contributed by atoms with van der Waals surface area (Å²) >= 11 is 1.76. The molecule has 2 aromatic carbocycles. The molecular formula is C24H28N2S. The average molecular weight is 377 g/mol. The number of fused-ring (bicyclic) bond motifs is 1. The van der Waals surface area contributed by atoms with E-state index in [0.29, 0.717) is 0 Å². The predicted octanol–water partition coefficient (Wildman–Crippen LogP) is 6.12. The van der Waals surface area contributed by atoms with Gasteiger partial charge < -0.3 is 5.73 Å². The maximum absolute atomic E-state index is 6.13. The second-order valence-corrected chi connectivity index (χ2v) is 8.55. The number of aromatic nitrogens is 1. The summed E-state index contributed by atoms with van der Waals surface area (Å²) in [7, 11) is 0. The second-order valence-electron chi connectivity index (χ2n) is 7.70. The van der Waals surface area contributed by atoms with E-state index in [2.05, 4.69) is 49.6 Å². The van der Waals surface area contributed by atoms with Crippen LogP contribution in [0.5, 0.6) is 0 Å². The van der Waals surface area contributed by atoms with Crippen LogP contribution >= 0.6 is 11.3 Å². The molecule has 3 heteroatoms. The molecule has 0 spiro atoms. The van der Waals surface area contributed by atoms with Crippen molar-refractivity contribution in [2.24, 2.45) is 0 Å². The fraction of sp³-hybridized carbons (Fsp3) is 0.375. The van der Waals surface area contributed by atoms with Gasteiger partial charge in [0.1, 0.15) is 5.01 Å². The normalized spacial score (nSPS) is 14.0. The molecule has 0 saturated carbocycles. The van der Waals surface area contributed by atoms with Gasteiger partial charge in [0.25, 0.3) is 0 Å². The summed E-state index contributed by atoms with van der Waals surface area (Å²) in [6, 6.07) is 11.3. The Bertz CT molecular complexity index is 955. The van der Waals surface area contributed by atoms with E-state index < -0.39 is 0 Å². The average Bonchev–Trinajstić information content (AvgIpc) is 3.00. The maximum atomic E-state index is 6.13. The number of nitrogens with two attached hydrogens (primary N) is 1. The van der Waals surface area contributed by atoms with E-state index in [1.54, 1.807) is 11.3 Å². The standard InChI is InChI=1S/C24H28N2S/c1-3-17-12-21(16(2)11-23(17)25)14-22-15-27-24(26-22)20-10-9-18-7-5-4-6-8-19(18)13-20/h9-13,15H,3-8,14,25H2,1-2H3. The summed E-state index contributed by atoms with van der Waals surface area (Å²) in [6.45, 7) is 4.30. The number of thiazole rings is 1. The van der Waals surface area contributed by atoms with Gasteiger partial charge in [0, 0.05) is 23.1 Å². The SMILES string of the molecule is CCc1cc(Cc2csc(-c3ccc4c(c3)CCCCC4)n2)c(C)cc1N. The topological polar surface area (TPSA) is 38.9 Å². The van der Waals surface area contributed by atoms with E-state index in [-0.39, 0.29) is 0 Å². The Balaban J connectivity index is 1.58. The number of benzene rings is 2. The Morgan fingerprint density at radius 3 is 2.63 bits per heavy atom. The molecule has 140 valence electrons. The molecule has 3 aromatic rings. The van der Waals surface area contributed by atoms with E-state index in [9.17, 15) is 0 Å². The highest BCUT2D eigenvalue weighted by molar-refractivity contribution is 7.13. The molecular weight excluding hydrogens is 348 g/mol. The van der Waals surface area contributed by atoms with E-state index in [1.165, 1.54) is 65.5 Å². The van der Waals surface area contributed by atoms with Crippen molar-refractivity contribution in [1.29, 1.82) is 0 Å². The fourth-order valence-electron chi connectivity index (χ4n) is 4.08. The molecule has 0 saturated heterocycles. The first kappa shape index (κ1) is 18.2. The Morgan fingerprint density at radius 1 is 1.00 bits per heavy atom. The Kier molecular flexibility index (Phi) is 5.31. The summed E-state index contributed by atoms with van der Waals surface area (Å²) in [5.74, 6) is 0. The third kappa shape index (κ3) is 3.93. The molecule has 1 aromatic heterocycles. The Hall–Kier alpha value is -2.13. The summed E-state index contributed by atoms with van der Waals surface area (Å²) in [5.41, 5.74) is 16.3. The van der Waals surface area contributed by atoms with Crippen LogP contribution in [0.4, 0.5) is 5.69 Å². The molecule has 0 unspecified atom stereocenters. The lowest BCUT2D eigenvalue weighted by Crippen LogP contribution is -1.99. The molecule has 4 rings (SSSR count). The minimum absolute atomic E-state index is 0.876. The number of nitrogen functional groups attached to an aromatic ring is 1. The van der Waals surface area contributed by atoms with Crippen molar-refractivity contribution in [1.82, 2.24) is 4.98 Å². The van der Waals surface area contributed by atoms with Gasteiger partial charge in [-0.1, -0.05) is 31.5 Å². The molecule has 1 heterocycles. The zero-order valence-electron chi connectivity index (χ0n) is 16.3. The monoisotopic (exact) mass is 376 g/mol. The van der Waals surface area contributed by atoms with Crippen LogP contribution in [0.25, 0.3) is 10.6 Å². The van der Waals surface area contributed by atoms with Crippen molar-refractivity contribution in [2.75, 3.05) is 5.73 Å². The number of hydrogen-bond donors (Lipinski definition) is 1. The zero-order chi connectivity index (χ0) is 18.8. The van der Waals surface area contributed by atoms with Gasteiger partial charge in [-0.3, -0.25) is 0 Å². The van der Waals surface area contributed by atoms with Gasteiger partial charge in [-0.15, -0.1) is 11.3 Å². The van der Waals surface area contributed by atoms with Gasteiger partial charge in [0.2, 0.25) is 0 Å². The van der Waals surface area contributed by atoms with Gasteiger partial charge >= 0.3 is 0 Å². The molecule has 1 aliphatic carbocycles. The van der Waals surface area contributed by atoms with E-state index >= 15 is 0 Å². The van der Waals surface area contributed by atoms with Crippen LogP contribution in [0.3, 0.4) is 0 Å². The van der Waals surface area contributed by atoms with Crippen LogP contribution in [0, 0.1) is 6.92 Å². The van der Waals surface area contributed by atoms with E-state index in [4.69, 9.17) is 10.7 Å². The van der Waals surface area contributed by atoms with Crippen LogP contribution in [-0.2, 0) is 25.7 Å². The molecule has 27 heavy (non-hydrogen) atoms. The third-order valence-corrected chi connectivity index (χ3v) is 6.69. The molecule has 0 amide bonds. The predicted molar refractivity (Wildman–Crippen MR) is 117 cm³/mol.